The van der Waals surface area contributed by atoms with E-state index >= 15 is 0 Å². The molecule has 4 heterocycles. The lowest BCUT2D eigenvalue weighted by atomic mass is 10.1. The summed E-state index contributed by atoms with van der Waals surface area (Å²) in [5.41, 5.74) is 5.16. The first-order valence-electron chi connectivity index (χ1n) is 14.4. The van der Waals surface area contributed by atoms with Gasteiger partial charge in [0, 0.05) is 49.8 Å². The quantitative estimate of drug-likeness (QED) is 0.152. The van der Waals surface area contributed by atoms with E-state index in [0.717, 1.165) is 45.5 Å². The number of benzene rings is 2. The number of nitrogens with zero attached hydrogens (tertiary/aromatic N) is 6. The molecule has 6 rings (SSSR count). The van der Waals surface area contributed by atoms with Gasteiger partial charge >= 0.3 is 0 Å². The standard InChI is InChI=1S/C32H34N6O2S2/c1-22-13-14-26-25(19-22)29-30(38(26)21-24-9-4-3-5-10-24)33-32(35-34-29)42-17-7-6-12-28(39)36-15-16-37(23(2)20-36)31(40)27-11-8-18-41-27/h3-5,8-11,13-14,18-19,23H,6-7,12,15-17,20-21H2,1-2H3. The zero-order valence-electron chi connectivity index (χ0n) is 23.9. The van der Waals surface area contributed by atoms with Crippen LogP contribution in [-0.4, -0.2) is 72.8 Å². The Labute approximate surface area is 253 Å². The summed E-state index contributed by atoms with van der Waals surface area (Å²) in [5.74, 6) is 1.04. The third kappa shape index (κ3) is 6.05. The predicted molar refractivity (Wildman–Crippen MR) is 169 cm³/mol. The molecule has 1 saturated heterocycles. The molecule has 1 aliphatic heterocycles. The molecular formula is C32H34N6O2S2. The van der Waals surface area contributed by atoms with Crippen molar-refractivity contribution in [3.63, 3.8) is 0 Å². The van der Waals surface area contributed by atoms with Crippen LogP contribution in [0.15, 0.2) is 71.2 Å². The summed E-state index contributed by atoms with van der Waals surface area (Å²) >= 11 is 3.05. The zero-order chi connectivity index (χ0) is 29.1. The molecule has 1 aliphatic rings. The van der Waals surface area contributed by atoms with Gasteiger partial charge in [-0.3, -0.25) is 9.59 Å². The number of thioether (sulfide) groups is 1. The van der Waals surface area contributed by atoms with E-state index in [1.807, 2.05) is 40.3 Å². The van der Waals surface area contributed by atoms with E-state index in [1.54, 1.807) is 11.8 Å². The Hall–Kier alpha value is -3.76. The highest BCUT2D eigenvalue weighted by atomic mass is 32.2. The van der Waals surface area contributed by atoms with E-state index in [0.29, 0.717) is 37.8 Å². The second kappa shape index (κ2) is 12.6. The van der Waals surface area contributed by atoms with Crippen molar-refractivity contribution in [1.82, 2.24) is 29.5 Å². The number of fused-ring (bicyclic) bond motifs is 3. The van der Waals surface area contributed by atoms with Gasteiger partial charge in [-0.1, -0.05) is 59.8 Å². The Balaban J connectivity index is 1.04. The SMILES string of the molecule is Cc1ccc2c(c1)c1nnc(SCCCCC(=O)N3CCN(C(=O)c4cccs4)C(C)C3)nc1n2Cc1ccccc1. The molecule has 0 N–H and O–H groups in total. The maximum atomic E-state index is 12.9. The summed E-state index contributed by atoms with van der Waals surface area (Å²) in [7, 11) is 0. The first kappa shape index (κ1) is 28.4. The lowest BCUT2D eigenvalue weighted by molar-refractivity contribution is -0.133. The number of aryl methyl sites for hydroxylation is 1. The molecule has 1 atom stereocenters. The number of unbranched alkanes of at least 4 members (excludes halogenated alkanes) is 1. The van der Waals surface area contributed by atoms with Crippen molar-refractivity contribution < 1.29 is 9.59 Å². The number of hydrogen-bond donors (Lipinski definition) is 0. The largest absolute Gasteiger partial charge is 0.339 e. The highest BCUT2D eigenvalue weighted by Gasteiger charge is 2.30. The smallest absolute Gasteiger partial charge is 0.264 e. The third-order valence-corrected chi connectivity index (χ3v) is 9.56. The summed E-state index contributed by atoms with van der Waals surface area (Å²) in [6.07, 6.45) is 2.20. The summed E-state index contributed by atoms with van der Waals surface area (Å²) in [5, 5.41) is 12.7. The van der Waals surface area contributed by atoms with Crippen LogP contribution in [0.3, 0.4) is 0 Å². The monoisotopic (exact) mass is 598 g/mol. The predicted octanol–water partition coefficient (Wildman–Crippen LogP) is 6.03. The molecule has 216 valence electrons. The topological polar surface area (TPSA) is 84.2 Å². The van der Waals surface area contributed by atoms with E-state index in [2.05, 4.69) is 64.2 Å². The fraction of sp³-hybridized carbons (Fsp3) is 0.344. The molecule has 8 nitrogen and oxygen atoms in total. The van der Waals surface area contributed by atoms with Gasteiger partial charge in [-0.15, -0.1) is 21.5 Å². The van der Waals surface area contributed by atoms with Gasteiger partial charge in [0.05, 0.1) is 10.4 Å². The molecular weight excluding hydrogens is 565 g/mol. The second-order valence-electron chi connectivity index (χ2n) is 10.8. The number of carbonyl (C=O) groups is 2. The van der Waals surface area contributed by atoms with Crippen LogP contribution in [0.2, 0.25) is 0 Å². The van der Waals surface area contributed by atoms with Crippen molar-refractivity contribution in [3.8, 4) is 0 Å². The van der Waals surface area contributed by atoms with Gasteiger partial charge < -0.3 is 14.4 Å². The van der Waals surface area contributed by atoms with Crippen LogP contribution in [0.5, 0.6) is 0 Å². The molecule has 0 bridgehead atoms. The van der Waals surface area contributed by atoms with E-state index < -0.39 is 0 Å². The lowest BCUT2D eigenvalue weighted by Gasteiger charge is -2.39. The van der Waals surface area contributed by atoms with Gasteiger partial charge in [0.2, 0.25) is 11.1 Å². The fourth-order valence-electron chi connectivity index (χ4n) is 5.57. The van der Waals surface area contributed by atoms with Crippen molar-refractivity contribution in [2.75, 3.05) is 25.4 Å². The molecule has 2 amide bonds. The Morgan fingerprint density at radius 2 is 1.88 bits per heavy atom. The number of aromatic nitrogens is 4. The average molecular weight is 599 g/mol. The van der Waals surface area contributed by atoms with Crippen LogP contribution >= 0.6 is 23.1 Å². The van der Waals surface area contributed by atoms with E-state index in [-0.39, 0.29) is 17.9 Å². The van der Waals surface area contributed by atoms with Crippen LogP contribution in [-0.2, 0) is 11.3 Å². The minimum Gasteiger partial charge on any atom is -0.339 e. The third-order valence-electron chi connectivity index (χ3n) is 7.78. The summed E-state index contributed by atoms with van der Waals surface area (Å²) < 4.78 is 2.23. The second-order valence-corrected chi connectivity index (χ2v) is 12.8. The Kier molecular flexibility index (Phi) is 8.53. The minimum absolute atomic E-state index is 0.00817. The summed E-state index contributed by atoms with van der Waals surface area (Å²) in [6, 6.07) is 20.6. The summed E-state index contributed by atoms with van der Waals surface area (Å²) in [6.45, 7) is 6.57. The van der Waals surface area contributed by atoms with Crippen LogP contribution in [0, 0.1) is 6.92 Å². The van der Waals surface area contributed by atoms with Gasteiger partial charge in [-0.2, -0.15) is 0 Å². The van der Waals surface area contributed by atoms with Crippen LogP contribution < -0.4 is 0 Å². The van der Waals surface area contributed by atoms with E-state index in [1.165, 1.54) is 22.5 Å². The molecule has 0 radical (unpaired) electrons. The van der Waals surface area contributed by atoms with Crippen LogP contribution in [0.1, 0.15) is 47.0 Å². The molecule has 0 spiro atoms. The van der Waals surface area contributed by atoms with Crippen molar-refractivity contribution in [2.24, 2.45) is 0 Å². The summed E-state index contributed by atoms with van der Waals surface area (Å²) in [4.78, 5) is 35.1. The van der Waals surface area contributed by atoms with Gasteiger partial charge in [-0.25, -0.2) is 4.98 Å². The number of rotatable bonds is 9. The van der Waals surface area contributed by atoms with Crippen molar-refractivity contribution >= 4 is 57.0 Å². The first-order valence-corrected chi connectivity index (χ1v) is 16.3. The Bertz CT molecular complexity index is 1700. The van der Waals surface area contributed by atoms with Crippen LogP contribution in [0.25, 0.3) is 22.1 Å². The first-order chi connectivity index (χ1) is 20.5. The average Bonchev–Trinajstić information content (AvgIpc) is 3.64. The van der Waals surface area contributed by atoms with E-state index in [4.69, 9.17) is 4.98 Å². The van der Waals surface area contributed by atoms with Crippen molar-refractivity contribution in [3.05, 3.63) is 82.0 Å². The van der Waals surface area contributed by atoms with Crippen molar-refractivity contribution in [1.29, 1.82) is 0 Å². The molecule has 10 heteroatoms. The van der Waals surface area contributed by atoms with Gasteiger partial charge in [0.15, 0.2) is 5.65 Å². The highest BCUT2D eigenvalue weighted by molar-refractivity contribution is 7.99. The molecule has 2 aromatic carbocycles. The number of hydrogen-bond acceptors (Lipinski definition) is 7. The maximum Gasteiger partial charge on any atom is 0.264 e. The number of thiophene rings is 1. The number of amides is 2. The maximum absolute atomic E-state index is 12.9. The van der Waals surface area contributed by atoms with E-state index in [9.17, 15) is 9.59 Å². The lowest BCUT2D eigenvalue weighted by Crippen LogP contribution is -2.55. The molecule has 42 heavy (non-hydrogen) atoms. The highest BCUT2D eigenvalue weighted by Crippen LogP contribution is 2.29. The van der Waals surface area contributed by atoms with Gasteiger partial charge in [-0.05, 0) is 55.8 Å². The molecule has 0 aliphatic carbocycles. The Morgan fingerprint density at radius 1 is 1.02 bits per heavy atom. The number of carbonyl (C=O) groups excluding carboxylic acids is 2. The van der Waals surface area contributed by atoms with Crippen LogP contribution in [0.4, 0.5) is 0 Å². The number of piperazine rings is 1. The van der Waals surface area contributed by atoms with Crippen molar-refractivity contribution in [2.45, 2.75) is 50.9 Å². The molecule has 1 unspecified atom stereocenters. The fourth-order valence-corrected chi connectivity index (χ4v) is 7.03. The zero-order valence-corrected chi connectivity index (χ0v) is 25.5. The normalized spacial score (nSPS) is 15.5. The molecule has 3 aromatic heterocycles. The van der Waals surface area contributed by atoms with Gasteiger partial charge in [0.1, 0.15) is 5.52 Å². The molecule has 5 aromatic rings. The van der Waals surface area contributed by atoms with Gasteiger partial charge in [0.25, 0.3) is 5.91 Å². The molecule has 0 saturated carbocycles. The Morgan fingerprint density at radius 3 is 2.67 bits per heavy atom. The minimum atomic E-state index is 0.00817. The molecule has 1 fully saturated rings.